The van der Waals surface area contributed by atoms with E-state index < -0.39 is 5.60 Å². The summed E-state index contributed by atoms with van der Waals surface area (Å²) in [5.74, 6) is 0.519. The van der Waals surface area contributed by atoms with Crippen LogP contribution in [0.2, 0.25) is 0 Å². The van der Waals surface area contributed by atoms with Crippen LogP contribution >= 0.6 is 0 Å². The molecule has 4 heteroatoms. The van der Waals surface area contributed by atoms with Crippen LogP contribution in [0.4, 0.5) is 0 Å². The van der Waals surface area contributed by atoms with Crippen molar-refractivity contribution in [2.75, 3.05) is 0 Å². The highest BCUT2D eigenvalue weighted by atomic mass is 16.5. The minimum Gasteiger partial charge on any atom is -0.506 e. The summed E-state index contributed by atoms with van der Waals surface area (Å²) in [7, 11) is 0. The molecule has 0 atom stereocenters. The molecule has 0 bridgehead atoms. The van der Waals surface area contributed by atoms with E-state index in [1.165, 1.54) is 6.92 Å². The summed E-state index contributed by atoms with van der Waals surface area (Å²) in [6.45, 7) is 4.95. The lowest BCUT2D eigenvalue weighted by molar-refractivity contribution is 0.0916. The molecule has 0 radical (unpaired) electrons. The van der Waals surface area contributed by atoms with Crippen molar-refractivity contribution < 1.29 is 14.6 Å². The second kappa shape index (κ2) is 3.52. The lowest BCUT2D eigenvalue weighted by Gasteiger charge is -2.32. The van der Waals surface area contributed by atoms with Gasteiger partial charge in [-0.05, 0) is 39.0 Å². The number of hydrogen-bond donors (Lipinski definition) is 2. The summed E-state index contributed by atoms with van der Waals surface area (Å²) in [6, 6.07) is 5.03. The van der Waals surface area contributed by atoms with E-state index in [9.17, 15) is 9.90 Å². The first-order chi connectivity index (χ1) is 7.83. The van der Waals surface area contributed by atoms with Gasteiger partial charge in [-0.25, -0.2) is 0 Å². The number of ketones is 1. The molecule has 17 heavy (non-hydrogen) atoms. The number of rotatable bonds is 1. The van der Waals surface area contributed by atoms with Gasteiger partial charge in [0.25, 0.3) is 0 Å². The molecule has 0 aromatic heterocycles. The normalized spacial score (nSPS) is 17.4. The quantitative estimate of drug-likeness (QED) is 0.730. The van der Waals surface area contributed by atoms with Crippen LogP contribution in [0, 0.1) is 0 Å². The van der Waals surface area contributed by atoms with Gasteiger partial charge in [0.05, 0.1) is 5.70 Å². The fourth-order valence-electron chi connectivity index (χ4n) is 1.82. The summed E-state index contributed by atoms with van der Waals surface area (Å²) in [6.07, 6.45) is 0. The Morgan fingerprint density at radius 1 is 1.41 bits per heavy atom. The smallest absolute Gasteiger partial charge is 0.162 e. The lowest BCUT2D eigenvalue weighted by Crippen LogP contribution is -2.36. The second-order valence-corrected chi connectivity index (χ2v) is 4.64. The molecule has 0 saturated carbocycles. The van der Waals surface area contributed by atoms with Crippen molar-refractivity contribution in [2.24, 2.45) is 5.73 Å². The number of carbonyl (C=O) groups excluding carboxylic acids is 1. The van der Waals surface area contributed by atoms with Gasteiger partial charge >= 0.3 is 0 Å². The number of aliphatic hydroxyl groups excluding tert-OH is 1. The second-order valence-electron chi connectivity index (χ2n) is 4.64. The topological polar surface area (TPSA) is 72.6 Å². The minimum absolute atomic E-state index is 0.00861. The van der Waals surface area contributed by atoms with Gasteiger partial charge in [-0.1, -0.05) is 0 Å². The highest BCUT2D eigenvalue weighted by Crippen LogP contribution is 2.37. The van der Waals surface area contributed by atoms with Gasteiger partial charge in [-0.2, -0.15) is 0 Å². The van der Waals surface area contributed by atoms with Crippen LogP contribution in [0.25, 0.3) is 5.70 Å². The van der Waals surface area contributed by atoms with Crippen molar-refractivity contribution in [3.05, 3.63) is 35.1 Å². The van der Waals surface area contributed by atoms with Gasteiger partial charge in [0.1, 0.15) is 5.75 Å². The summed E-state index contributed by atoms with van der Waals surface area (Å²) in [4.78, 5) is 11.3. The number of nitrogens with two attached hydrogens (primary N) is 1. The van der Waals surface area contributed by atoms with E-state index in [-0.39, 0.29) is 17.2 Å². The van der Waals surface area contributed by atoms with Crippen molar-refractivity contribution in [1.29, 1.82) is 0 Å². The SMILES string of the molecule is CC(=O)c1ccc2c(c1)C(N)=C(O)C(C)(C)O2. The Labute approximate surface area is 99.7 Å². The number of aliphatic hydroxyl groups is 1. The maximum Gasteiger partial charge on any atom is 0.162 e. The van der Waals surface area contributed by atoms with E-state index in [1.54, 1.807) is 32.0 Å². The first-order valence-electron chi connectivity index (χ1n) is 5.36. The zero-order valence-electron chi connectivity index (χ0n) is 10.1. The van der Waals surface area contributed by atoms with Crippen LogP contribution in [0.1, 0.15) is 36.7 Å². The molecule has 3 N–H and O–H groups in total. The maximum absolute atomic E-state index is 11.3. The monoisotopic (exact) mass is 233 g/mol. The van der Waals surface area contributed by atoms with Gasteiger partial charge in [0, 0.05) is 11.1 Å². The van der Waals surface area contributed by atoms with E-state index in [0.717, 1.165) is 0 Å². The highest BCUT2D eigenvalue weighted by molar-refractivity contribution is 5.95. The Kier molecular flexibility index (Phi) is 2.38. The largest absolute Gasteiger partial charge is 0.506 e. The molecule has 0 saturated heterocycles. The van der Waals surface area contributed by atoms with Gasteiger partial charge in [0.15, 0.2) is 17.1 Å². The van der Waals surface area contributed by atoms with Crippen molar-refractivity contribution in [2.45, 2.75) is 26.4 Å². The van der Waals surface area contributed by atoms with E-state index in [0.29, 0.717) is 16.9 Å². The summed E-state index contributed by atoms with van der Waals surface area (Å²) in [5, 5.41) is 9.93. The van der Waals surface area contributed by atoms with Gasteiger partial charge in [0.2, 0.25) is 0 Å². The lowest BCUT2D eigenvalue weighted by atomic mass is 9.95. The van der Waals surface area contributed by atoms with Crippen LogP contribution in [-0.2, 0) is 0 Å². The number of hydrogen-bond acceptors (Lipinski definition) is 4. The molecule has 0 amide bonds. The van der Waals surface area contributed by atoms with Gasteiger partial charge < -0.3 is 15.6 Å². The molecule has 4 nitrogen and oxygen atoms in total. The molecular weight excluding hydrogens is 218 g/mol. The van der Waals surface area contributed by atoms with E-state index in [2.05, 4.69) is 0 Å². The number of ether oxygens (including phenoxy) is 1. The molecule has 90 valence electrons. The maximum atomic E-state index is 11.3. The van der Waals surface area contributed by atoms with Crippen LogP contribution in [-0.4, -0.2) is 16.5 Å². The first-order valence-corrected chi connectivity index (χ1v) is 5.36. The third-order valence-corrected chi connectivity index (χ3v) is 2.87. The fourth-order valence-corrected chi connectivity index (χ4v) is 1.82. The summed E-state index contributed by atoms with van der Waals surface area (Å²) < 4.78 is 5.64. The Morgan fingerprint density at radius 2 is 2.06 bits per heavy atom. The van der Waals surface area contributed by atoms with Crippen molar-refractivity contribution >= 4 is 11.5 Å². The number of carbonyl (C=O) groups is 1. The Hall–Kier alpha value is -1.97. The minimum atomic E-state index is -0.838. The molecule has 1 aliphatic rings. The van der Waals surface area contributed by atoms with Gasteiger partial charge in [-0.15, -0.1) is 0 Å². The average Bonchev–Trinajstić information content (AvgIpc) is 2.25. The van der Waals surface area contributed by atoms with Crippen molar-refractivity contribution in [1.82, 2.24) is 0 Å². The average molecular weight is 233 g/mol. The zero-order valence-corrected chi connectivity index (χ0v) is 10.1. The fraction of sp³-hybridized carbons (Fsp3) is 0.308. The first kappa shape index (κ1) is 11.5. The van der Waals surface area contributed by atoms with Crippen LogP contribution < -0.4 is 10.5 Å². The number of Topliss-reactive ketones (excluding diaryl/α,β-unsaturated/α-hetero) is 1. The van der Waals surface area contributed by atoms with Crippen LogP contribution in [0.15, 0.2) is 24.0 Å². The molecule has 1 aromatic rings. The Morgan fingerprint density at radius 3 is 2.65 bits per heavy atom. The molecule has 1 aliphatic heterocycles. The predicted molar refractivity (Wildman–Crippen MR) is 64.9 cm³/mol. The van der Waals surface area contributed by atoms with E-state index in [1.807, 2.05) is 0 Å². The van der Waals surface area contributed by atoms with Crippen LogP contribution in [0.5, 0.6) is 5.75 Å². The highest BCUT2D eigenvalue weighted by Gasteiger charge is 2.34. The zero-order chi connectivity index (χ0) is 12.8. The number of benzene rings is 1. The van der Waals surface area contributed by atoms with E-state index >= 15 is 0 Å². The molecule has 2 rings (SSSR count). The van der Waals surface area contributed by atoms with E-state index in [4.69, 9.17) is 10.5 Å². The molecule has 1 aromatic carbocycles. The third kappa shape index (κ3) is 1.75. The van der Waals surface area contributed by atoms with Crippen molar-refractivity contribution in [3.8, 4) is 5.75 Å². The van der Waals surface area contributed by atoms with Gasteiger partial charge in [-0.3, -0.25) is 4.79 Å². The molecular formula is C13H15NO3. The predicted octanol–water partition coefficient (Wildman–Crippen LogP) is 2.25. The van der Waals surface area contributed by atoms with Crippen LogP contribution in [0.3, 0.4) is 0 Å². The summed E-state index contributed by atoms with van der Waals surface area (Å²) in [5.41, 5.74) is 6.41. The molecule has 0 fully saturated rings. The Balaban J connectivity index is 2.62. The Bertz CT molecular complexity index is 529. The molecule has 1 heterocycles. The third-order valence-electron chi connectivity index (χ3n) is 2.87. The number of fused-ring (bicyclic) bond motifs is 1. The molecule has 0 spiro atoms. The summed E-state index contributed by atoms with van der Waals surface area (Å²) >= 11 is 0. The molecule has 0 unspecified atom stereocenters. The van der Waals surface area contributed by atoms with Crippen molar-refractivity contribution in [3.63, 3.8) is 0 Å². The molecule has 0 aliphatic carbocycles. The standard InChI is InChI=1S/C13H15NO3/c1-7(15)8-4-5-10-9(6-8)11(14)12(16)13(2,3)17-10/h4-6,16H,14H2,1-3H3.